The van der Waals surface area contributed by atoms with Gasteiger partial charge in [0, 0.05) is 55.5 Å². The van der Waals surface area contributed by atoms with Crippen LogP contribution in [0.3, 0.4) is 0 Å². The third-order valence-corrected chi connectivity index (χ3v) is 8.15. The maximum atomic E-state index is 13.1. The van der Waals surface area contributed by atoms with Crippen molar-refractivity contribution >= 4 is 34.7 Å². The third kappa shape index (κ3) is 8.17. The largest absolute Gasteiger partial charge is 0.487 e. The topological polar surface area (TPSA) is 54.9 Å². The summed E-state index contributed by atoms with van der Waals surface area (Å²) in [5, 5.41) is 1.10. The van der Waals surface area contributed by atoms with Crippen LogP contribution in [-0.4, -0.2) is 46.9 Å². The van der Waals surface area contributed by atoms with Crippen molar-refractivity contribution in [1.82, 2.24) is 14.8 Å². The third-order valence-electron chi connectivity index (χ3n) is 7.50. The molecule has 0 atom stereocenters. The van der Waals surface area contributed by atoms with E-state index in [1.165, 1.54) is 11.1 Å². The second-order valence-corrected chi connectivity index (χ2v) is 11.6. The number of nitrogens with zero attached hydrogens (tertiary/aromatic N) is 3. The number of hydrogen-bond donors (Lipinski definition) is 0. The van der Waals surface area contributed by atoms with Crippen LogP contribution in [0.4, 0.5) is 0 Å². The Morgan fingerprint density at radius 2 is 1.67 bits per heavy atom. The van der Waals surface area contributed by atoms with E-state index in [9.17, 15) is 4.79 Å². The molecule has 1 saturated heterocycles. The number of piperazine rings is 1. The number of rotatable bonds is 9. The number of halogens is 2. The first kappa shape index (κ1) is 30.6. The molecule has 222 valence electrons. The average Bonchev–Trinajstić information content (AvgIpc) is 3.00. The molecule has 4 aromatic rings. The molecular weight excluding hydrogens is 581 g/mol. The highest BCUT2D eigenvalue weighted by molar-refractivity contribution is 6.32. The Kier molecular flexibility index (Phi) is 10.0. The lowest BCUT2D eigenvalue weighted by atomic mass is 10.0. The minimum Gasteiger partial charge on any atom is -0.487 e. The van der Waals surface area contributed by atoms with E-state index in [1.807, 2.05) is 55.1 Å². The average molecular weight is 617 g/mol. The van der Waals surface area contributed by atoms with Gasteiger partial charge in [-0.15, -0.1) is 0 Å². The van der Waals surface area contributed by atoms with Gasteiger partial charge in [0.1, 0.15) is 12.4 Å². The van der Waals surface area contributed by atoms with Gasteiger partial charge >= 0.3 is 0 Å². The van der Waals surface area contributed by atoms with Crippen LogP contribution < -0.4 is 9.47 Å². The lowest BCUT2D eigenvalue weighted by Crippen LogP contribution is -2.47. The summed E-state index contributed by atoms with van der Waals surface area (Å²) in [5.74, 6) is 1.53. The van der Waals surface area contributed by atoms with Gasteiger partial charge in [-0.25, -0.2) is 4.98 Å². The molecule has 0 aliphatic carbocycles. The SMILES string of the molecule is C/C(=C/C(=O)N1CCN(Cc2ccc(C)cc2)CC1)c1cc(C)c(Oc2ccc(OCc3ccccc3Cl)cn2)c(Cl)c1. The number of aromatic nitrogens is 1. The van der Waals surface area contributed by atoms with E-state index in [0.29, 0.717) is 47.1 Å². The molecule has 6 nitrogen and oxygen atoms in total. The van der Waals surface area contributed by atoms with E-state index in [-0.39, 0.29) is 5.91 Å². The van der Waals surface area contributed by atoms with Crippen LogP contribution >= 0.6 is 23.2 Å². The first-order valence-electron chi connectivity index (χ1n) is 14.3. The lowest BCUT2D eigenvalue weighted by molar-refractivity contribution is -0.127. The second kappa shape index (κ2) is 14.1. The van der Waals surface area contributed by atoms with Gasteiger partial charge in [0.05, 0.1) is 11.2 Å². The van der Waals surface area contributed by atoms with Gasteiger partial charge in [-0.05, 0) is 67.3 Å². The number of aryl methyl sites for hydroxylation is 2. The van der Waals surface area contributed by atoms with Crippen molar-refractivity contribution in [3.05, 3.63) is 123 Å². The molecule has 1 amide bonds. The highest BCUT2D eigenvalue weighted by Gasteiger charge is 2.20. The van der Waals surface area contributed by atoms with Gasteiger partial charge in [-0.3, -0.25) is 9.69 Å². The number of hydrogen-bond acceptors (Lipinski definition) is 5. The van der Waals surface area contributed by atoms with E-state index in [4.69, 9.17) is 32.7 Å². The number of carbonyl (C=O) groups is 1. The number of carbonyl (C=O) groups excluding carboxylic acids is 1. The van der Waals surface area contributed by atoms with E-state index in [1.54, 1.807) is 24.4 Å². The van der Waals surface area contributed by atoms with Crippen LogP contribution in [0.1, 0.15) is 34.7 Å². The minimum atomic E-state index is 0.0163. The molecule has 1 aliphatic rings. The molecule has 0 bridgehead atoms. The van der Waals surface area contributed by atoms with Gasteiger partial charge in [0.15, 0.2) is 5.75 Å². The van der Waals surface area contributed by atoms with Crippen molar-refractivity contribution in [3.8, 4) is 17.4 Å². The monoisotopic (exact) mass is 615 g/mol. The van der Waals surface area contributed by atoms with Gasteiger partial charge in [0.25, 0.3) is 0 Å². The van der Waals surface area contributed by atoms with Crippen molar-refractivity contribution in [2.75, 3.05) is 26.2 Å². The molecule has 0 spiro atoms. The second-order valence-electron chi connectivity index (χ2n) is 10.8. The zero-order valence-corrected chi connectivity index (χ0v) is 26.2. The molecule has 1 aromatic heterocycles. The molecule has 5 rings (SSSR count). The van der Waals surface area contributed by atoms with Crippen LogP contribution in [0, 0.1) is 13.8 Å². The van der Waals surface area contributed by atoms with Crippen LogP contribution in [0.5, 0.6) is 17.4 Å². The molecule has 0 unspecified atom stereocenters. The number of allylic oxidation sites excluding steroid dienone is 1. The Balaban J connectivity index is 1.16. The van der Waals surface area contributed by atoms with Gasteiger partial charge in [-0.1, -0.05) is 71.2 Å². The minimum absolute atomic E-state index is 0.0163. The quantitative estimate of drug-likeness (QED) is 0.178. The summed E-state index contributed by atoms with van der Waals surface area (Å²) in [6, 6.07) is 23.5. The zero-order valence-electron chi connectivity index (χ0n) is 24.6. The van der Waals surface area contributed by atoms with Crippen LogP contribution in [0.15, 0.2) is 85.1 Å². The molecule has 0 radical (unpaired) electrons. The van der Waals surface area contributed by atoms with Crippen LogP contribution in [0.2, 0.25) is 10.0 Å². The standard InChI is InChI=1S/C35H35Cl2N3O3/c1-24-8-10-27(11-9-24)22-39-14-16-40(17-15-39)34(41)19-25(2)29-18-26(3)35(32(37)20-29)43-33-13-12-30(21-38-33)42-23-28-6-4-5-7-31(28)36/h4-13,18-21H,14-17,22-23H2,1-3H3/b25-19-. The maximum Gasteiger partial charge on any atom is 0.246 e. The van der Waals surface area contributed by atoms with Crippen LogP contribution in [0.25, 0.3) is 5.57 Å². The number of benzene rings is 3. The van der Waals surface area contributed by atoms with E-state index < -0.39 is 0 Å². The van der Waals surface area contributed by atoms with Crippen molar-refractivity contribution in [2.45, 2.75) is 33.9 Å². The lowest BCUT2D eigenvalue weighted by Gasteiger charge is -2.34. The summed E-state index contributed by atoms with van der Waals surface area (Å²) >= 11 is 12.9. The van der Waals surface area contributed by atoms with Gasteiger partial charge in [0.2, 0.25) is 11.8 Å². The van der Waals surface area contributed by atoms with Crippen molar-refractivity contribution in [2.24, 2.45) is 0 Å². The smallest absolute Gasteiger partial charge is 0.246 e. The van der Waals surface area contributed by atoms with E-state index >= 15 is 0 Å². The number of amides is 1. The Hall–Kier alpha value is -3.84. The first-order chi connectivity index (χ1) is 20.7. The molecule has 3 aromatic carbocycles. The fourth-order valence-corrected chi connectivity index (χ4v) is 5.41. The molecule has 43 heavy (non-hydrogen) atoms. The summed E-state index contributed by atoms with van der Waals surface area (Å²) in [5.41, 5.74) is 6.02. The summed E-state index contributed by atoms with van der Waals surface area (Å²) in [6.45, 7) is 10.3. The molecule has 0 saturated carbocycles. The summed E-state index contributed by atoms with van der Waals surface area (Å²) in [6.07, 6.45) is 3.30. The Morgan fingerprint density at radius 1 is 0.930 bits per heavy atom. The fourth-order valence-electron chi connectivity index (χ4n) is 4.92. The summed E-state index contributed by atoms with van der Waals surface area (Å²) in [4.78, 5) is 21.8. The maximum absolute atomic E-state index is 13.1. The molecule has 1 fully saturated rings. The molecular formula is C35H35Cl2N3O3. The highest BCUT2D eigenvalue weighted by atomic mass is 35.5. The zero-order chi connectivity index (χ0) is 30.3. The van der Waals surface area contributed by atoms with Crippen molar-refractivity contribution in [3.63, 3.8) is 0 Å². The Morgan fingerprint density at radius 3 is 2.35 bits per heavy atom. The number of ether oxygens (including phenoxy) is 2. The molecule has 2 heterocycles. The summed E-state index contributed by atoms with van der Waals surface area (Å²) < 4.78 is 11.8. The van der Waals surface area contributed by atoms with Crippen molar-refractivity contribution in [1.29, 1.82) is 0 Å². The predicted molar refractivity (Wildman–Crippen MR) is 173 cm³/mol. The van der Waals surface area contributed by atoms with Gasteiger partial charge in [-0.2, -0.15) is 0 Å². The predicted octanol–water partition coefficient (Wildman–Crippen LogP) is 8.12. The van der Waals surface area contributed by atoms with E-state index in [0.717, 1.165) is 41.9 Å². The fraction of sp³-hybridized carbons (Fsp3) is 0.257. The van der Waals surface area contributed by atoms with Crippen molar-refractivity contribution < 1.29 is 14.3 Å². The number of pyridine rings is 1. The Bertz CT molecular complexity index is 1570. The highest BCUT2D eigenvalue weighted by Crippen LogP contribution is 2.35. The molecule has 0 N–H and O–H groups in total. The summed E-state index contributed by atoms with van der Waals surface area (Å²) in [7, 11) is 0. The van der Waals surface area contributed by atoms with Crippen LogP contribution in [-0.2, 0) is 17.9 Å². The first-order valence-corrected chi connectivity index (χ1v) is 15.1. The Labute approximate surface area is 263 Å². The van der Waals surface area contributed by atoms with E-state index in [2.05, 4.69) is 41.1 Å². The normalized spacial score (nSPS) is 14.1. The van der Waals surface area contributed by atoms with Gasteiger partial charge < -0.3 is 14.4 Å². The molecule has 1 aliphatic heterocycles. The molecule has 8 heteroatoms.